The molecule has 3 rings (SSSR count). The van der Waals surface area contributed by atoms with Crippen molar-refractivity contribution in [2.45, 2.75) is 51.9 Å². The van der Waals surface area contributed by atoms with E-state index in [-0.39, 0.29) is 24.0 Å². The second kappa shape index (κ2) is 9.36. The summed E-state index contributed by atoms with van der Waals surface area (Å²) in [6.45, 7) is 7.71. The highest BCUT2D eigenvalue weighted by molar-refractivity contribution is 14.0. The first kappa shape index (κ1) is 19.9. The van der Waals surface area contributed by atoms with Crippen molar-refractivity contribution < 1.29 is 0 Å². The molecule has 6 heteroatoms. The Labute approximate surface area is 167 Å². The Morgan fingerprint density at radius 2 is 2.00 bits per heavy atom. The van der Waals surface area contributed by atoms with Crippen molar-refractivity contribution in [3.63, 3.8) is 0 Å². The van der Waals surface area contributed by atoms with E-state index in [1.54, 1.807) is 11.3 Å². The number of aliphatic imine (C=N–C) groups is 1. The summed E-state index contributed by atoms with van der Waals surface area (Å²) in [6.07, 6.45) is 6.64. The molecule has 2 unspecified atom stereocenters. The molecule has 1 saturated carbocycles. The van der Waals surface area contributed by atoms with Crippen LogP contribution in [-0.4, -0.2) is 42.5 Å². The maximum absolute atomic E-state index is 4.71. The smallest absolute Gasteiger partial charge is 0.193 e. The Balaban J connectivity index is 0.00000208. The van der Waals surface area contributed by atoms with Crippen molar-refractivity contribution in [1.82, 2.24) is 15.2 Å². The van der Waals surface area contributed by atoms with Gasteiger partial charge in [-0.25, -0.2) is 4.98 Å². The van der Waals surface area contributed by atoms with Crippen LogP contribution in [0.1, 0.15) is 56.2 Å². The second-order valence-corrected chi connectivity index (χ2v) is 8.16. The molecule has 0 spiro atoms. The van der Waals surface area contributed by atoms with Gasteiger partial charge in [0.2, 0.25) is 0 Å². The summed E-state index contributed by atoms with van der Waals surface area (Å²) in [7, 11) is 1.91. The molecule has 2 heterocycles. The van der Waals surface area contributed by atoms with Crippen LogP contribution in [0.15, 0.2) is 10.4 Å². The lowest BCUT2D eigenvalue weighted by atomic mass is 9.82. The summed E-state index contributed by atoms with van der Waals surface area (Å²) in [6, 6.07) is 0. The van der Waals surface area contributed by atoms with Crippen LogP contribution in [0, 0.1) is 11.8 Å². The maximum Gasteiger partial charge on any atom is 0.193 e. The van der Waals surface area contributed by atoms with Crippen LogP contribution >= 0.6 is 35.3 Å². The zero-order valence-corrected chi connectivity index (χ0v) is 18.3. The number of halogens is 1. The van der Waals surface area contributed by atoms with Crippen molar-refractivity contribution in [2.24, 2.45) is 16.8 Å². The highest BCUT2D eigenvalue weighted by Crippen LogP contribution is 2.35. The van der Waals surface area contributed by atoms with E-state index in [1.807, 2.05) is 7.05 Å². The minimum Gasteiger partial charge on any atom is -0.356 e. The average molecular weight is 462 g/mol. The zero-order valence-electron chi connectivity index (χ0n) is 15.1. The molecule has 24 heavy (non-hydrogen) atoms. The molecule has 1 aromatic rings. The van der Waals surface area contributed by atoms with Gasteiger partial charge in [0.25, 0.3) is 0 Å². The Kier molecular flexibility index (Phi) is 7.78. The van der Waals surface area contributed by atoms with E-state index >= 15 is 0 Å². The molecule has 2 atom stereocenters. The second-order valence-electron chi connectivity index (χ2n) is 7.27. The number of thiazole rings is 1. The molecule has 1 aliphatic heterocycles. The Hall–Kier alpha value is -0.370. The van der Waals surface area contributed by atoms with Crippen LogP contribution in [0.25, 0.3) is 0 Å². The Morgan fingerprint density at radius 3 is 2.54 bits per heavy atom. The van der Waals surface area contributed by atoms with Gasteiger partial charge in [-0.05, 0) is 24.7 Å². The third kappa shape index (κ3) is 4.84. The molecule has 1 saturated heterocycles. The van der Waals surface area contributed by atoms with Gasteiger partial charge in [-0.15, -0.1) is 35.3 Å². The van der Waals surface area contributed by atoms with Gasteiger partial charge < -0.3 is 10.2 Å². The molecule has 1 N–H and O–H groups in total. The minimum absolute atomic E-state index is 0. The lowest BCUT2D eigenvalue weighted by Crippen LogP contribution is -2.41. The summed E-state index contributed by atoms with van der Waals surface area (Å²) < 4.78 is 0. The van der Waals surface area contributed by atoms with Gasteiger partial charge >= 0.3 is 0 Å². The van der Waals surface area contributed by atoms with E-state index in [1.165, 1.54) is 49.5 Å². The van der Waals surface area contributed by atoms with Crippen LogP contribution in [0.3, 0.4) is 0 Å². The molecular weight excluding hydrogens is 431 g/mol. The fraction of sp³-hybridized carbons (Fsp3) is 0.778. The van der Waals surface area contributed by atoms with E-state index < -0.39 is 0 Å². The van der Waals surface area contributed by atoms with Gasteiger partial charge in [-0.3, -0.25) is 4.99 Å². The predicted molar refractivity (Wildman–Crippen MR) is 114 cm³/mol. The number of guanidine groups is 1. The van der Waals surface area contributed by atoms with Gasteiger partial charge in [0, 0.05) is 44.4 Å². The number of fused-ring (bicyclic) bond motifs is 1. The van der Waals surface area contributed by atoms with E-state index in [0.717, 1.165) is 30.8 Å². The lowest BCUT2D eigenvalue weighted by Gasteiger charge is -2.22. The minimum atomic E-state index is 0. The molecule has 4 nitrogen and oxygen atoms in total. The molecule has 2 aliphatic rings. The standard InChI is InChI=1S/C18H30N4S.HI/c1-13(2)17-21-16(12-23-17)8-9-20-18(19-3)22-10-14-6-4-5-7-15(14)11-22;/h12-15H,4-11H2,1-3H3,(H,19,20);1H. The fourth-order valence-electron chi connectivity index (χ4n) is 3.92. The number of rotatable bonds is 4. The zero-order chi connectivity index (χ0) is 16.2. The Bertz CT molecular complexity index is 529. The molecule has 1 aromatic heterocycles. The normalized spacial score (nSPS) is 24.0. The van der Waals surface area contributed by atoms with Crippen molar-refractivity contribution in [2.75, 3.05) is 26.7 Å². The molecule has 1 aliphatic carbocycles. The summed E-state index contributed by atoms with van der Waals surface area (Å²) in [4.78, 5) is 11.7. The van der Waals surface area contributed by atoms with E-state index in [0.29, 0.717) is 5.92 Å². The fourth-order valence-corrected chi connectivity index (χ4v) is 4.79. The number of aromatic nitrogens is 1. The lowest BCUT2D eigenvalue weighted by molar-refractivity contribution is 0.299. The van der Waals surface area contributed by atoms with Gasteiger partial charge in [-0.1, -0.05) is 26.7 Å². The topological polar surface area (TPSA) is 40.5 Å². The first-order valence-electron chi connectivity index (χ1n) is 9.07. The average Bonchev–Trinajstić information content (AvgIpc) is 3.18. The Morgan fingerprint density at radius 1 is 1.33 bits per heavy atom. The number of hydrogen-bond donors (Lipinski definition) is 1. The van der Waals surface area contributed by atoms with Crippen LogP contribution in [0.2, 0.25) is 0 Å². The van der Waals surface area contributed by atoms with Crippen LogP contribution < -0.4 is 5.32 Å². The molecule has 0 radical (unpaired) electrons. The van der Waals surface area contributed by atoms with Gasteiger partial charge in [0.05, 0.1) is 10.7 Å². The number of nitrogens with zero attached hydrogens (tertiary/aromatic N) is 3. The maximum atomic E-state index is 4.71. The molecule has 0 bridgehead atoms. The predicted octanol–water partition coefficient (Wildman–Crippen LogP) is 4.12. The summed E-state index contributed by atoms with van der Waals surface area (Å²) >= 11 is 1.78. The summed E-state index contributed by atoms with van der Waals surface area (Å²) in [5.74, 6) is 3.41. The van der Waals surface area contributed by atoms with Crippen molar-refractivity contribution in [1.29, 1.82) is 0 Å². The van der Waals surface area contributed by atoms with E-state index in [9.17, 15) is 0 Å². The summed E-state index contributed by atoms with van der Waals surface area (Å²) in [5, 5.41) is 6.99. The van der Waals surface area contributed by atoms with Crippen molar-refractivity contribution >= 4 is 41.3 Å². The SMILES string of the molecule is CN=C(NCCc1csc(C(C)C)n1)N1CC2CCCCC2C1.I. The van der Waals surface area contributed by atoms with E-state index in [2.05, 4.69) is 34.4 Å². The highest BCUT2D eigenvalue weighted by atomic mass is 127. The molecular formula is C18H31IN4S. The number of hydrogen-bond acceptors (Lipinski definition) is 3. The van der Waals surface area contributed by atoms with Crippen molar-refractivity contribution in [3.8, 4) is 0 Å². The van der Waals surface area contributed by atoms with Gasteiger partial charge in [0.15, 0.2) is 5.96 Å². The van der Waals surface area contributed by atoms with Crippen molar-refractivity contribution in [3.05, 3.63) is 16.1 Å². The number of likely N-dealkylation sites (tertiary alicyclic amines) is 1. The first-order valence-corrected chi connectivity index (χ1v) is 9.95. The largest absolute Gasteiger partial charge is 0.356 e. The first-order chi connectivity index (χ1) is 11.2. The molecule has 0 amide bonds. The highest BCUT2D eigenvalue weighted by Gasteiger charge is 2.35. The quantitative estimate of drug-likeness (QED) is 0.416. The number of nitrogens with one attached hydrogen (secondary N) is 1. The van der Waals surface area contributed by atoms with Crippen LogP contribution in [-0.2, 0) is 6.42 Å². The molecule has 2 fully saturated rings. The van der Waals surface area contributed by atoms with Gasteiger partial charge in [-0.2, -0.15) is 0 Å². The van der Waals surface area contributed by atoms with Crippen LogP contribution in [0.4, 0.5) is 0 Å². The molecule has 0 aromatic carbocycles. The van der Waals surface area contributed by atoms with Gasteiger partial charge in [0.1, 0.15) is 0 Å². The molecule has 136 valence electrons. The van der Waals surface area contributed by atoms with Crippen LogP contribution in [0.5, 0.6) is 0 Å². The third-order valence-electron chi connectivity index (χ3n) is 5.22. The summed E-state index contributed by atoms with van der Waals surface area (Å²) in [5.41, 5.74) is 1.21. The monoisotopic (exact) mass is 462 g/mol. The van der Waals surface area contributed by atoms with E-state index in [4.69, 9.17) is 4.98 Å². The third-order valence-corrected chi connectivity index (χ3v) is 6.41.